The lowest BCUT2D eigenvalue weighted by atomic mass is 9.85. The number of nitrogens with one attached hydrogen (secondary N) is 1. The molecule has 1 aliphatic heterocycles. The van der Waals surface area contributed by atoms with Crippen molar-refractivity contribution in [3.8, 4) is 0 Å². The van der Waals surface area contributed by atoms with E-state index in [1.807, 2.05) is 18.2 Å². The summed E-state index contributed by atoms with van der Waals surface area (Å²) in [5, 5.41) is 2.89. The van der Waals surface area contributed by atoms with Crippen LogP contribution in [0, 0.1) is 11.8 Å². The lowest BCUT2D eigenvalue weighted by molar-refractivity contribution is -0.122. The van der Waals surface area contributed by atoms with Crippen LogP contribution in [0.5, 0.6) is 0 Å². The van der Waals surface area contributed by atoms with Crippen molar-refractivity contribution in [2.45, 2.75) is 69.7 Å². The number of anilines is 2. The fraction of sp³-hybridized carbons (Fsp3) is 0.517. The van der Waals surface area contributed by atoms with Crippen molar-refractivity contribution in [1.82, 2.24) is 9.55 Å². The van der Waals surface area contributed by atoms with Gasteiger partial charge in [0.1, 0.15) is 5.82 Å². The van der Waals surface area contributed by atoms with Crippen LogP contribution in [-0.2, 0) is 31.5 Å². The molecule has 2 heterocycles. The summed E-state index contributed by atoms with van der Waals surface area (Å²) in [7, 11) is -2.24. The van der Waals surface area contributed by atoms with E-state index in [1.54, 1.807) is 31.3 Å². The maximum Gasteiger partial charge on any atom is 0.264 e. The number of ether oxygens (including phenoxy) is 1. The number of hydrogen-bond donors (Lipinski definition) is 1. The average Bonchev–Trinajstić information content (AvgIpc) is 3.21. The summed E-state index contributed by atoms with van der Waals surface area (Å²) in [5.41, 5.74) is 2.81. The third-order valence-corrected chi connectivity index (χ3v) is 9.60. The standard InChI is InChI=1S/C29H38N4O4S/c1-29(2,3)28-31-25-18-23(10-13-26(25)33(28)19-20-14-16-37-17-15-20)32(4)38(35,36)24-11-8-22(9-12-24)30-27(34)21-6-5-7-21/h8-13,18,20-21H,5-7,14-17,19H2,1-4H3,(H,30,34). The van der Waals surface area contributed by atoms with Crippen molar-refractivity contribution in [2.75, 3.05) is 29.9 Å². The molecule has 0 bridgehead atoms. The Bertz CT molecular complexity index is 1410. The van der Waals surface area contributed by atoms with Gasteiger partial charge in [-0.2, -0.15) is 0 Å². The molecule has 0 spiro atoms. The Morgan fingerprint density at radius 2 is 1.76 bits per heavy atom. The largest absolute Gasteiger partial charge is 0.381 e. The predicted molar refractivity (Wildman–Crippen MR) is 150 cm³/mol. The molecule has 38 heavy (non-hydrogen) atoms. The van der Waals surface area contributed by atoms with E-state index in [1.165, 1.54) is 4.31 Å². The van der Waals surface area contributed by atoms with E-state index in [-0.39, 0.29) is 22.1 Å². The first-order valence-corrected chi connectivity index (χ1v) is 15.0. The van der Waals surface area contributed by atoms with E-state index in [0.717, 1.165) is 68.7 Å². The zero-order valence-corrected chi connectivity index (χ0v) is 23.6. The van der Waals surface area contributed by atoms with E-state index in [4.69, 9.17) is 9.72 Å². The molecule has 204 valence electrons. The molecule has 0 radical (unpaired) electrons. The second-order valence-electron chi connectivity index (χ2n) is 11.6. The fourth-order valence-corrected chi connectivity index (χ4v) is 6.37. The fourth-order valence-electron chi connectivity index (χ4n) is 5.18. The van der Waals surface area contributed by atoms with Crippen molar-refractivity contribution < 1.29 is 17.9 Å². The topological polar surface area (TPSA) is 93.5 Å². The summed E-state index contributed by atoms with van der Waals surface area (Å²) < 4.78 is 36.1. The first-order chi connectivity index (χ1) is 18.0. The molecule has 0 unspecified atom stereocenters. The van der Waals surface area contributed by atoms with Gasteiger partial charge in [0.25, 0.3) is 10.0 Å². The third kappa shape index (κ3) is 5.31. The van der Waals surface area contributed by atoms with Crippen LogP contribution in [0.2, 0.25) is 0 Å². The summed E-state index contributed by atoms with van der Waals surface area (Å²) in [6, 6.07) is 12.1. The lowest BCUT2D eigenvalue weighted by Crippen LogP contribution is -2.28. The summed E-state index contributed by atoms with van der Waals surface area (Å²) in [6.07, 6.45) is 4.98. The molecule has 9 heteroatoms. The number of hydrogen-bond acceptors (Lipinski definition) is 5. The molecule has 2 aromatic carbocycles. The summed E-state index contributed by atoms with van der Waals surface area (Å²) >= 11 is 0. The maximum atomic E-state index is 13.5. The molecule has 1 aliphatic carbocycles. The molecule has 1 saturated carbocycles. The van der Waals surface area contributed by atoms with Crippen LogP contribution in [0.15, 0.2) is 47.4 Å². The van der Waals surface area contributed by atoms with Crippen LogP contribution in [0.4, 0.5) is 11.4 Å². The number of aromatic nitrogens is 2. The molecule has 2 fully saturated rings. The molecule has 2 aliphatic rings. The number of imidazole rings is 1. The molecule has 1 N–H and O–H groups in total. The van der Waals surface area contributed by atoms with Gasteiger partial charge in [0.15, 0.2) is 0 Å². The highest BCUT2D eigenvalue weighted by molar-refractivity contribution is 7.92. The summed E-state index contributed by atoms with van der Waals surface area (Å²) in [5.74, 6) is 1.61. The third-order valence-electron chi connectivity index (χ3n) is 7.80. The van der Waals surface area contributed by atoms with Gasteiger partial charge >= 0.3 is 0 Å². The number of sulfonamides is 1. The number of carbonyl (C=O) groups is 1. The van der Waals surface area contributed by atoms with Gasteiger partial charge in [-0.05, 0) is 74.1 Å². The van der Waals surface area contributed by atoms with Crippen LogP contribution < -0.4 is 9.62 Å². The lowest BCUT2D eigenvalue weighted by Gasteiger charge is -2.26. The summed E-state index contributed by atoms with van der Waals surface area (Å²) in [4.78, 5) is 17.4. The van der Waals surface area contributed by atoms with Crippen LogP contribution in [0.1, 0.15) is 58.7 Å². The average molecular weight is 539 g/mol. The molecule has 1 amide bonds. The Kier molecular flexibility index (Phi) is 7.26. The SMILES string of the molecule is CN(c1ccc2c(c1)nc(C(C)(C)C)n2CC1CCOCC1)S(=O)(=O)c1ccc(NC(=O)C2CCC2)cc1. The maximum absolute atomic E-state index is 13.5. The Balaban J connectivity index is 1.39. The van der Waals surface area contributed by atoms with Gasteiger partial charge in [0.2, 0.25) is 5.91 Å². The zero-order valence-electron chi connectivity index (χ0n) is 22.7. The Hall–Kier alpha value is -2.91. The normalized spacial score (nSPS) is 17.4. The van der Waals surface area contributed by atoms with Crippen LogP contribution in [0.3, 0.4) is 0 Å². The van der Waals surface area contributed by atoms with E-state index in [2.05, 4.69) is 30.7 Å². The van der Waals surface area contributed by atoms with Crippen molar-refractivity contribution in [1.29, 1.82) is 0 Å². The van der Waals surface area contributed by atoms with Gasteiger partial charge in [-0.25, -0.2) is 13.4 Å². The van der Waals surface area contributed by atoms with E-state index >= 15 is 0 Å². The minimum absolute atomic E-state index is 0.00293. The van der Waals surface area contributed by atoms with Crippen LogP contribution in [-0.4, -0.2) is 44.1 Å². The van der Waals surface area contributed by atoms with Gasteiger partial charge in [-0.1, -0.05) is 27.2 Å². The number of carbonyl (C=O) groups excluding carboxylic acids is 1. The van der Waals surface area contributed by atoms with E-state index in [9.17, 15) is 13.2 Å². The number of nitrogens with zero attached hydrogens (tertiary/aromatic N) is 3. The molecule has 8 nitrogen and oxygen atoms in total. The van der Waals surface area contributed by atoms with Crippen molar-refractivity contribution in [3.05, 3.63) is 48.3 Å². The molecule has 3 aromatic rings. The van der Waals surface area contributed by atoms with Crippen molar-refractivity contribution >= 4 is 38.3 Å². The Morgan fingerprint density at radius 1 is 1.08 bits per heavy atom. The minimum atomic E-state index is -3.80. The highest BCUT2D eigenvalue weighted by atomic mass is 32.2. The van der Waals surface area contributed by atoms with Crippen LogP contribution in [0.25, 0.3) is 11.0 Å². The van der Waals surface area contributed by atoms with E-state index in [0.29, 0.717) is 17.3 Å². The zero-order chi connectivity index (χ0) is 27.1. The highest BCUT2D eigenvalue weighted by Gasteiger charge is 2.28. The molecule has 0 atom stereocenters. The number of fused-ring (bicyclic) bond motifs is 1. The Labute approximate surface area is 225 Å². The molecule has 5 rings (SSSR count). The number of benzene rings is 2. The predicted octanol–water partition coefficient (Wildman–Crippen LogP) is 5.32. The molecular weight excluding hydrogens is 500 g/mol. The van der Waals surface area contributed by atoms with Crippen molar-refractivity contribution in [3.63, 3.8) is 0 Å². The molecular formula is C29H38N4O4S. The second kappa shape index (κ2) is 10.3. The van der Waals surface area contributed by atoms with Gasteiger partial charge in [-0.15, -0.1) is 0 Å². The molecule has 1 aromatic heterocycles. The smallest absolute Gasteiger partial charge is 0.264 e. The monoisotopic (exact) mass is 538 g/mol. The first-order valence-electron chi connectivity index (χ1n) is 13.5. The van der Waals surface area contributed by atoms with Gasteiger partial charge < -0.3 is 14.6 Å². The minimum Gasteiger partial charge on any atom is -0.381 e. The first kappa shape index (κ1) is 26.7. The Morgan fingerprint density at radius 3 is 2.37 bits per heavy atom. The summed E-state index contributed by atoms with van der Waals surface area (Å²) in [6.45, 7) is 8.94. The van der Waals surface area contributed by atoms with Crippen molar-refractivity contribution in [2.24, 2.45) is 11.8 Å². The quantitative estimate of drug-likeness (QED) is 0.439. The van der Waals surface area contributed by atoms with Gasteiger partial charge in [-0.3, -0.25) is 9.10 Å². The van der Waals surface area contributed by atoms with Gasteiger partial charge in [0.05, 0.1) is 21.6 Å². The van der Waals surface area contributed by atoms with Gasteiger partial charge in [0, 0.05) is 43.8 Å². The van der Waals surface area contributed by atoms with Crippen LogP contribution >= 0.6 is 0 Å². The number of amides is 1. The highest BCUT2D eigenvalue weighted by Crippen LogP contribution is 2.33. The number of rotatable bonds is 7. The second-order valence-corrected chi connectivity index (χ2v) is 13.6. The van der Waals surface area contributed by atoms with E-state index < -0.39 is 10.0 Å². The molecule has 1 saturated heterocycles.